The second-order valence-electron chi connectivity index (χ2n) is 9.56. The lowest BCUT2D eigenvalue weighted by Gasteiger charge is -2.21. The first-order valence-corrected chi connectivity index (χ1v) is 11.8. The van der Waals surface area contributed by atoms with Crippen molar-refractivity contribution >= 4 is 28.7 Å². The average molecular weight is 455 g/mol. The van der Waals surface area contributed by atoms with Crippen molar-refractivity contribution in [2.24, 2.45) is 5.41 Å². The number of aliphatic hydroxyl groups excluding tert-OH is 1. The molecule has 1 aliphatic heterocycles. The number of imidazole rings is 1. The third-order valence-electron chi connectivity index (χ3n) is 6.21. The van der Waals surface area contributed by atoms with Crippen LogP contribution in [0.3, 0.4) is 0 Å². The van der Waals surface area contributed by atoms with Crippen LogP contribution in [0.2, 0.25) is 0 Å². The first-order chi connectivity index (χ1) is 16.4. The van der Waals surface area contributed by atoms with Gasteiger partial charge in [0.25, 0.3) is 0 Å². The number of benzene rings is 1. The van der Waals surface area contributed by atoms with Crippen LogP contribution in [-0.4, -0.2) is 37.8 Å². The molecule has 0 amide bonds. The molecule has 0 bridgehead atoms. The molecular formula is C27H30N6O. The van der Waals surface area contributed by atoms with Gasteiger partial charge in [-0.1, -0.05) is 45.0 Å². The first-order valence-electron chi connectivity index (χ1n) is 11.8. The molecule has 7 nitrogen and oxygen atoms in total. The third-order valence-corrected chi connectivity index (χ3v) is 6.21. The number of rotatable bonds is 6. The Kier molecular flexibility index (Phi) is 5.69. The van der Waals surface area contributed by atoms with E-state index >= 15 is 0 Å². The molecule has 34 heavy (non-hydrogen) atoms. The van der Waals surface area contributed by atoms with Gasteiger partial charge in [-0.05, 0) is 48.6 Å². The fourth-order valence-electron chi connectivity index (χ4n) is 4.41. The molecule has 4 aromatic rings. The van der Waals surface area contributed by atoms with Crippen LogP contribution in [0.25, 0.3) is 22.7 Å². The van der Waals surface area contributed by atoms with Crippen molar-refractivity contribution in [2.45, 2.75) is 33.6 Å². The molecule has 0 atom stereocenters. The predicted molar refractivity (Wildman–Crippen MR) is 137 cm³/mol. The Hall–Kier alpha value is -3.87. The Labute approximate surface area is 199 Å². The zero-order valence-electron chi connectivity index (χ0n) is 19.9. The molecule has 1 fully saturated rings. The fraction of sp³-hybridized carbons (Fsp3) is 0.296. The third kappa shape index (κ3) is 4.46. The predicted octanol–water partition coefficient (Wildman–Crippen LogP) is 6.08. The maximum Gasteiger partial charge on any atom is 0.177 e. The lowest BCUT2D eigenvalue weighted by molar-refractivity contribution is 0.418. The van der Waals surface area contributed by atoms with E-state index in [2.05, 4.69) is 35.1 Å². The molecule has 0 spiro atoms. The van der Waals surface area contributed by atoms with Gasteiger partial charge in [-0.3, -0.25) is 0 Å². The van der Waals surface area contributed by atoms with Gasteiger partial charge in [0.15, 0.2) is 5.65 Å². The van der Waals surface area contributed by atoms with E-state index in [1.165, 1.54) is 0 Å². The summed E-state index contributed by atoms with van der Waals surface area (Å²) in [5, 5.41) is 18.5. The van der Waals surface area contributed by atoms with Crippen LogP contribution >= 0.6 is 0 Å². The van der Waals surface area contributed by atoms with Crippen molar-refractivity contribution < 1.29 is 5.11 Å². The van der Waals surface area contributed by atoms with Gasteiger partial charge in [0.1, 0.15) is 17.4 Å². The van der Waals surface area contributed by atoms with Gasteiger partial charge in [-0.15, -0.1) is 0 Å². The minimum atomic E-state index is 0.275. The lowest BCUT2D eigenvalue weighted by atomic mass is 9.93. The van der Waals surface area contributed by atoms with E-state index in [0.717, 1.165) is 65.7 Å². The van der Waals surface area contributed by atoms with Gasteiger partial charge in [-0.25, -0.2) is 14.5 Å². The number of nitrogens with one attached hydrogen (secondary N) is 1. The standard InChI is InChI=1S/C27H30N6O/c1-4-7-23(34)20-9-5-8-19(16-20)21-17-22(26-28-13-15-33(26)31-21)29-24-10-6-11-25(30-24)32-14-12-27(2,3)18-32/h5-11,13,15-17,34H,4,12,14,18H2,1-3H3,(H,29,30)/b23-7+. The van der Waals surface area contributed by atoms with Crippen LogP contribution in [-0.2, 0) is 0 Å². The Morgan fingerprint density at radius 2 is 2.03 bits per heavy atom. The molecule has 5 rings (SSSR count). The summed E-state index contributed by atoms with van der Waals surface area (Å²) in [4.78, 5) is 11.7. The molecule has 1 aromatic carbocycles. The Balaban J connectivity index is 1.49. The number of aromatic nitrogens is 4. The van der Waals surface area contributed by atoms with Crippen molar-refractivity contribution in [3.63, 3.8) is 0 Å². The highest BCUT2D eigenvalue weighted by Crippen LogP contribution is 2.33. The van der Waals surface area contributed by atoms with Gasteiger partial charge in [0.05, 0.1) is 11.4 Å². The number of pyridine rings is 1. The topological polar surface area (TPSA) is 78.6 Å². The van der Waals surface area contributed by atoms with Gasteiger partial charge < -0.3 is 15.3 Å². The summed E-state index contributed by atoms with van der Waals surface area (Å²) in [6.45, 7) is 8.62. The molecule has 7 heteroatoms. The van der Waals surface area contributed by atoms with Crippen LogP contribution in [0.1, 0.15) is 39.2 Å². The highest BCUT2D eigenvalue weighted by atomic mass is 16.3. The normalized spacial score (nSPS) is 15.7. The number of anilines is 3. The molecule has 174 valence electrons. The van der Waals surface area contributed by atoms with E-state index in [1.807, 2.05) is 55.6 Å². The molecule has 0 radical (unpaired) electrons. The van der Waals surface area contributed by atoms with Crippen LogP contribution in [0.4, 0.5) is 17.3 Å². The Bertz CT molecular complexity index is 1360. The molecule has 4 heterocycles. The fourth-order valence-corrected chi connectivity index (χ4v) is 4.41. The van der Waals surface area contributed by atoms with Crippen molar-refractivity contribution in [3.8, 4) is 11.3 Å². The summed E-state index contributed by atoms with van der Waals surface area (Å²) in [5.41, 5.74) is 4.31. The van der Waals surface area contributed by atoms with Crippen molar-refractivity contribution in [2.75, 3.05) is 23.3 Å². The van der Waals surface area contributed by atoms with E-state index < -0.39 is 0 Å². The van der Waals surface area contributed by atoms with Crippen molar-refractivity contribution in [3.05, 3.63) is 72.6 Å². The van der Waals surface area contributed by atoms with Gasteiger partial charge in [0.2, 0.25) is 0 Å². The van der Waals surface area contributed by atoms with E-state index in [4.69, 9.17) is 10.1 Å². The monoisotopic (exact) mass is 454 g/mol. The molecule has 1 aliphatic rings. The Morgan fingerprint density at radius 1 is 1.18 bits per heavy atom. The quantitative estimate of drug-likeness (QED) is 0.344. The summed E-state index contributed by atoms with van der Waals surface area (Å²) in [6.07, 6.45) is 7.30. The van der Waals surface area contributed by atoms with Crippen LogP contribution in [0, 0.1) is 5.41 Å². The van der Waals surface area contributed by atoms with E-state index in [-0.39, 0.29) is 5.76 Å². The SMILES string of the molecule is CC/C=C(/O)c1cccc(-c2cc(Nc3cccc(N4CCC(C)(C)C4)n3)c3nccn3n2)c1. The first kappa shape index (κ1) is 21.9. The van der Waals surface area contributed by atoms with E-state index in [0.29, 0.717) is 5.41 Å². The molecule has 0 saturated carbocycles. The molecule has 2 N–H and O–H groups in total. The Morgan fingerprint density at radius 3 is 2.82 bits per heavy atom. The summed E-state index contributed by atoms with van der Waals surface area (Å²) in [6, 6.07) is 15.8. The summed E-state index contributed by atoms with van der Waals surface area (Å²) in [5.74, 6) is 2.02. The van der Waals surface area contributed by atoms with E-state index in [1.54, 1.807) is 16.8 Å². The smallest absolute Gasteiger partial charge is 0.177 e. The number of fused-ring (bicyclic) bond motifs is 1. The maximum atomic E-state index is 10.3. The second kappa shape index (κ2) is 8.82. The highest BCUT2D eigenvalue weighted by Gasteiger charge is 2.29. The molecule has 0 aliphatic carbocycles. The maximum absolute atomic E-state index is 10.3. The molecule has 0 unspecified atom stereocenters. The van der Waals surface area contributed by atoms with Crippen molar-refractivity contribution in [1.29, 1.82) is 0 Å². The molecule has 1 saturated heterocycles. The molecule has 3 aromatic heterocycles. The van der Waals surface area contributed by atoms with Crippen LogP contribution in [0.15, 0.2) is 67.0 Å². The number of allylic oxidation sites excluding steroid dienone is 1. The van der Waals surface area contributed by atoms with Crippen LogP contribution < -0.4 is 10.2 Å². The number of aliphatic hydroxyl groups is 1. The highest BCUT2D eigenvalue weighted by molar-refractivity contribution is 5.78. The summed E-state index contributed by atoms with van der Waals surface area (Å²) < 4.78 is 1.76. The van der Waals surface area contributed by atoms with Gasteiger partial charge in [0, 0.05) is 36.6 Å². The minimum Gasteiger partial charge on any atom is -0.508 e. The van der Waals surface area contributed by atoms with Gasteiger partial charge in [-0.2, -0.15) is 5.10 Å². The van der Waals surface area contributed by atoms with E-state index in [9.17, 15) is 5.11 Å². The number of nitrogens with zero attached hydrogens (tertiary/aromatic N) is 5. The number of hydrogen-bond acceptors (Lipinski definition) is 6. The number of hydrogen-bond donors (Lipinski definition) is 2. The lowest BCUT2D eigenvalue weighted by Crippen LogP contribution is -2.23. The van der Waals surface area contributed by atoms with Crippen LogP contribution in [0.5, 0.6) is 0 Å². The summed E-state index contributed by atoms with van der Waals surface area (Å²) >= 11 is 0. The second-order valence-corrected chi connectivity index (χ2v) is 9.56. The average Bonchev–Trinajstić information content (AvgIpc) is 3.45. The van der Waals surface area contributed by atoms with Crippen molar-refractivity contribution in [1.82, 2.24) is 19.6 Å². The molecular weight excluding hydrogens is 424 g/mol. The largest absolute Gasteiger partial charge is 0.508 e. The minimum absolute atomic E-state index is 0.275. The van der Waals surface area contributed by atoms with Gasteiger partial charge >= 0.3 is 0 Å². The summed E-state index contributed by atoms with van der Waals surface area (Å²) in [7, 11) is 0. The zero-order chi connectivity index (χ0) is 23.7. The zero-order valence-corrected chi connectivity index (χ0v) is 19.9.